The van der Waals surface area contributed by atoms with Crippen LogP contribution in [0.1, 0.15) is 61.3 Å². The number of fused-ring (bicyclic) bond motifs is 1. The summed E-state index contributed by atoms with van der Waals surface area (Å²) in [5.41, 5.74) is 7.04. The number of benzene rings is 3. The lowest BCUT2D eigenvalue weighted by molar-refractivity contribution is -0.120. The number of carbonyl (C=O) groups excluding carboxylic acids is 1. The topological polar surface area (TPSA) is 40.5 Å². The largest absolute Gasteiger partial charge is 0.388 e. The van der Waals surface area contributed by atoms with Gasteiger partial charge in [0, 0.05) is 18.2 Å². The molecule has 3 heteroatoms. The zero-order valence-electron chi connectivity index (χ0n) is 18.5. The van der Waals surface area contributed by atoms with E-state index < -0.39 is 0 Å². The van der Waals surface area contributed by atoms with E-state index in [1.54, 1.807) is 0 Å². The van der Waals surface area contributed by atoms with Crippen LogP contribution in [0.4, 0.5) is 5.69 Å². The predicted octanol–water partition coefficient (Wildman–Crippen LogP) is 6.24. The number of aliphatic hydroxyl groups is 1. The quantitative estimate of drug-likeness (QED) is 0.508. The van der Waals surface area contributed by atoms with Crippen LogP contribution in [0.25, 0.3) is 11.1 Å². The highest BCUT2D eigenvalue weighted by atomic mass is 16.3. The Kier molecular flexibility index (Phi) is 6.09. The van der Waals surface area contributed by atoms with Gasteiger partial charge in [0.2, 0.25) is 5.91 Å². The zero-order valence-corrected chi connectivity index (χ0v) is 18.5. The van der Waals surface area contributed by atoms with Crippen molar-refractivity contribution in [2.75, 3.05) is 4.90 Å². The molecule has 0 aromatic heterocycles. The summed E-state index contributed by atoms with van der Waals surface area (Å²) in [5, 5.41) is 10.1. The van der Waals surface area contributed by atoms with Crippen molar-refractivity contribution in [3.8, 4) is 11.1 Å². The number of hydrogen-bond acceptors (Lipinski definition) is 2. The second kappa shape index (κ2) is 9.30. The van der Waals surface area contributed by atoms with Crippen molar-refractivity contribution in [3.05, 3.63) is 89.5 Å². The number of aryl methyl sites for hydroxylation is 2. The Bertz CT molecular complexity index is 1070. The molecule has 1 aliphatic heterocycles. The molecule has 164 valence electrons. The van der Waals surface area contributed by atoms with Crippen LogP contribution in [0, 0.1) is 0 Å². The molecule has 2 unspecified atom stereocenters. The molecule has 0 saturated carbocycles. The van der Waals surface area contributed by atoms with Gasteiger partial charge < -0.3 is 10.0 Å². The highest BCUT2D eigenvalue weighted by Gasteiger charge is 2.29. The van der Waals surface area contributed by atoms with Gasteiger partial charge in [-0.25, -0.2) is 0 Å². The van der Waals surface area contributed by atoms with Crippen LogP contribution in [-0.4, -0.2) is 17.1 Å². The monoisotopic (exact) mass is 425 g/mol. The van der Waals surface area contributed by atoms with E-state index in [0.29, 0.717) is 6.42 Å². The molecule has 0 bridgehead atoms. The van der Waals surface area contributed by atoms with Crippen LogP contribution in [-0.2, 0) is 17.6 Å². The number of anilines is 1. The molecule has 1 N–H and O–H groups in total. The average Bonchev–Trinajstić information content (AvgIpc) is 3.20. The summed E-state index contributed by atoms with van der Waals surface area (Å²) >= 11 is 0. The van der Waals surface area contributed by atoms with E-state index in [2.05, 4.69) is 77.7 Å². The third-order valence-electron chi connectivity index (χ3n) is 7.08. The molecular weight excluding hydrogens is 394 g/mol. The molecule has 1 amide bonds. The van der Waals surface area contributed by atoms with Crippen LogP contribution in [0.5, 0.6) is 0 Å². The van der Waals surface area contributed by atoms with Gasteiger partial charge in [-0.2, -0.15) is 0 Å². The smallest absolute Gasteiger partial charge is 0.227 e. The number of piperidine rings is 1. The van der Waals surface area contributed by atoms with E-state index in [0.717, 1.165) is 61.8 Å². The summed E-state index contributed by atoms with van der Waals surface area (Å²) in [4.78, 5) is 14.9. The van der Waals surface area contributed by atoms with E-state index >= 15 is 0 Å². The van der Waals surface area contributed by atoms with Gasteiger partial charge in [0.25, 0.3) is 0 Å². The maximum absolute atomic E-state index is 12.9. The van der Waals surface area contributed by atoms with Crippen LogP contribution in [0.2, 0.25) is 0 Å². The number of amides is 1. The Morgan fingerprint density at radius 2 is 1.66 bits per heavy atom. The summed E-state index contributed by atoms with van der Waals surface area (Å²) < 4.78 is 0. The van der Waals surface area contributed by atoms with Gasteiger partial charge in [-0.1, -0.05) is 60.7 Å². The van der Waals surface area contributed by atoms with Crippen molar-refractivity contribution < 1.29 is 9.90 Å². The standard InChI is InChI=1S/C29H31NO2/c31-28-19-15-24-20-23(14-18-27(24)28)22-12-16-26(17-13-22)30-25(10-5-11-29(30)32)9-4-8-21-6-2-1-3-7-21/h1-3,6-7,12-14,16-18,20,25,28,31H,4-5,8-11,15,19H2. The van der Waals surface area contributed by atoms with Gasteiger partial charge >= 0.3 is 0 Å². The lowest BCUT2D eigenvalue weighted by atomic mass is 9.94. The SMILES string of the molecule is O=C1CCCC(CCCc2ccccc2)N1c1ccc(-c2ccc3c(c2)CCC3O)cc1. The van der Waals surface area contributed by atoms with Crippen LogP contribution >= 0.6 is 0 Å². The Labute approximate surface area is 190 Å². The summed E-state index contributed by atoms with van der Waals surface area (Å²) in [7, 11) is 0. The number of aliphatic hydroxyl groups excluding tert-OH is 1. The van der Waals surface area contributed by atoms with E-state index in [4.69, 9.17) is 0 Å². The first-order valence-electron chi connectivity index (χ1n) is 12.0. The fourth-order valence-electron chi connectivity index (χ4n) is 5.35. The molecule has 3 nitrogen and oxygen atoms in total. The Balaban J connectivity index is 1.30. The summed E-state index contributed by atoms with van der Waals surface area (Å²) in [6.45, 7) is 0. The fourth-order valence-corrected chi connectivity index (χ4v) is 5.35. The van der Waals surface area contributed by atoms with Crippen LogP contribution in [0.3, 0.4) is 0 Å². The Hall–Kier alpha value is -2.91. The van der Waals surface area contributed by atoms with Crippen LogP contribution in [0.15, 0.2) is 72.8 Å². The molecular formula is C29H31NO2. The third kappa shape index (κ3) is 4.35. The van der Waals surface area contributed by atoms with Gasteiger partial charge in [0.15, 0.2) is 0 Å². The second-order valence-corrected chi connectivity index (χ2v) is 9.20. The molecule has 3 aromatic rings. The minimum Gasteiger partial charge on any atom is -0.388 e. The number of hydrogen-bond donors (Lipinski definition) is 1. The highest BCUT2D eigenvalue weighted by molar-refractivity contribution is 5.95. The molecule has 0 spiro atoms. The van der Waals surface area contributed by atoms with E-state index in [-0.39, 0.29) is 18.1 Å². The molecule has 2 aliphatic rings. The van der Waals surface area contributed by atoms with Crippen molar-refractivity contribution in [1.29, 1.82) is 0 Å². The van der Waals surface area contributed by atoms with E-state index in [1.807, 2.05) is 0 Å². The third-order valence-corrected chi connectivity index (χ3v) is 7.08. The Morgan fingerprint density at radius 1 is 0.875 bits per heavy atom. The summed E-state index contributed by atoms with van der Waals surface area (Å²) in [5.74, 6) is 0.250. The van der Waals surface area contributed by atoms with Crippen molar-refractivity contribution in [3.63, 3.8) is 0 Å². The molecule has 1 heterocycles. The van der Waals surface area contributed by atoms with Gasteiger partial charge in [-0.15, -0.1) is 0 Å². The van der Waals surface area contributed by atoms with Gasteiger partial charge in [-0.05, 0) is 84.9 Å². The highest BCUT2D eigenvalue weighted by Crippen LogP contribution is 2.35. The molecule has 1 aliphatic carbocycles. The normalized spacial score (nSPS) is 20.4. The lowest BCUT2D eigenvalue weighted by Gasteiger charge is -2.36. The average molecular weight is 426 g/mol. The minimum absolute atomic E-state index is 0.250. The number of rotatable bonds is 6. The van der Waals surface area contributed by atoms with Crippen molar-refractivity contribution in [1.82, 2.24) is 0 Å². The first kappa shape index (κ1) is 21.0. The molecule has 0 radical (unpaired) electrons. The van der Waals surface area contributed by atoms with Gasteiger partial charge in [0.05, 0.1) is 6.10 Å². The van der Waals surface area contributed by atoms with Crippen LogP contribution < -0.4 is 4.90 Å². The lowest BCUT2D eigenvalue weighted by Crippen LogP contribution is -2.43. The first-order chi connectivity index (χ1) is 15.7. The predicted molar refractivity (Wildman–Crippen MR) is 130 cm³/mol. The number of nitrogens with zero attached hydrogens (tertiary/aromatic N) is 1. The zero-order chi connectivity index (χ0) is 21.9. The maximum atomic E-state index is 12.9. The van der Waals surface area contributed by atoms with Gasteiger partial charge in [-0.3, -0.25) is 4.79 Å². The molecule has 3 aromatic carbocycles. The molecule has 5 rings (SSSR count). The maximum Gasteiger partial charge on any atom is 0.227 e. The molecule has 1 fully saturated rings. The minimum atomic E-state index is -0.314. The summed E-state index contributed by atoms with van der Waals surface area (Å²) in [6.07, 6.45) is 7.35. The molecule has 32 heavy (non-hydrogen) atoms. The van der Waals surface area contributed by atoms with Crippen molar-refractivity contribution >= 4 is 11.6 Å². The van der Waals surface area contributed by atoms with E-state index in [1.165, 1.54) is 16.7 Å². The van der Waals surface area contributed by atoms with Crippen molar-refractivity contribution in [2.24, 2.45) is 0 Å². The number of carbonyl (C=O) groups is 1. The molecule has 1 saturated heterocycles. The van der Waals surface area contributed by atoms with Gasteiger partial charge in [0.1, 0.15) is 0 Å². The second-order valence-electron chi connectivity index (χ2n) is 9.20. The van der Waals surface area contributed by atoms with E-state index in [9.17, 15) is 9.90 Å². The first-order valence-corrected chi connectivity index (χ1v) is 12.0. The summed E-state index contributed by atoms with van der Waals surface area (Å²) in [6, 6.07) is 25.7. The fraction of sp³-hybridized carbons (Fsp3) is 0.345. The Morgan fingerprint density at radius 3 is 2.47 bits per heavy atom. The molecule has 2 atom stereocenters. The van der Waals surface area contributed by atoms with Crippen molar-refractivity contribution in [2.45, 2.75) is 63.5 Å².